The molecule has 0 unspecified atom stereocenters. The third-order valence-electron chi connectivity index (χ3n) is 6.07. The number of hydrogen-bond acceptors (Lipinski definition) is 1. The lowest BCUT2D eigenvalue weighted by atomic mass is 9.76. The summed E-state index contributed by atoms with van der Waals surface area (Å²) in [6.07, 6.45) is 11.0. The molecule has 1 nitrogen and oxygen atoms in total. The zero-order valence-corrected chi connectivity index (χ0v) is 18.2. The lowest BCUT2D eigenvalue weighted by Gasteiger charge is -2.30. The molecule has 144 valence electrons. The minimum absolute atomic E-state index is 0.113. The second-order valence-electron chi connectivity index (χ2n) is 8.10. The number of benzene rings is 2. The van der Waals surface area contributed by atoms with Crippen LogP contribution in [0.2, 0.25) is 0 Å². The summed E-state index contributed by atoms with van der Waals surface area (Å²) < 4.78 is 1.16. The number of Topliss-reactive ketones (excluding diaryl/α,β-unsaturated/α-hetero) is 1. The number of unbranched alkanes of at least 4 members (excludes halogenated alkanes) is 2. The Hall–Kier alpha value is -1.41. The highest BCUT2D eigenvalue weighted by Crippen LogP contribution is 2.40. The van der Waals surface area contributed by atoms with Gasteiger partial charge in [-0.15, -0.1) is 0 Å². The largest absolute Gasteiger partial charge is 0.295 e. The van der Waals surface area contributed by atoms with Crippen molar-refractivity contribution in [1.82, 2.24) is 0 Å². The van der Waals surface area contributed by atoms with Gasteiger partial charge in [-0.1, -0.05) is 97.8 Å². The van der Waals surface area contributed by atoms with Gasteiger partial charge in [-0.05, 0) is 54.4 Å². The molecular weight excluding hydrogens is 396 g/mol. The van der Waals surface area contributed by atoms with Crippen LogP contribution in [0.4, 0.5) is 0 Å². The number of rotatable bonds is 7. The summed E-state index contributed by atoms with van der Waals surface area (Å²) in [6.45, 7) is 3.90. The molecule has 0 saturated heterocycles. The van der Waals surface area contributed by atoms with E-state index in [1.807, 2.05) is 24.3 Å². The van der Waals surface area contributed by atoms with Gasteiger partial charge in [0.1, 0.15) is 0 Å². The Balaban J connectivity index is 1.71. The van der Waals surface area contributed by atoms with E-state index in [4.69, 9.17) is 0 Å². The van der Waals surface area contributed by atoms with Crippen LogP contribution in [0.25, 0.3) is 11.1 Å². The second kappa shape index (κ2) is 9.68. The predicted molar refractivity (Wildman–Crippen MR) is 118 cm³/mol. The van der Waals surface area contributed by atoms with Crippen molar-refractivity contribution < 1.29 is 4.79 Å². The van der Waals surface area contributed by atoms with Crippen LogP contribution >= 0.6 is 15.9 Å². The lowest BCUT2D eigenvalue weighted by molar-refractivity contribution is 0.101. The third-order valence-corrected chi connectivity index (χ3v) is 6.72. The monoisotopic (exact) mass is 426 g/mol. The highest BCUT2D eigenvalue weighted by molar-refractivity contribution is 9.10. The molecule has 0 spiro atoms. The maximum atomic E-state index is 11.5. The van der Waals surface area contributed by atoms with E-state index in [-0.39, 0.29) is 5.78 Å². The molecule has 27 heavy (non-hydrogen) atoms. The van der Waals surface area contributed by atoms with Crippen LogP contribution in [0.3, 0.4) is 0 Å². The van der Waals surface area contributed by atoms with Crippen molar-refractivity contribution in [3.05, 3.63) is 58.1 Å². The molecule has 2 aromatic rings. The van der Waals surface area contributed by atoms with Crippen molar-refractivity contribution in [3.8, 4) is 11.1 Å². The summed E-state index contributed by atoms with van der Waals surface area (Å²) in [4.78, 5) is 11.5. The smallest absolute Gasteiger partial charge is 0.159 e. The third kappa shape index (κ3) is 5.31. The van der Waals surface area contributed by atoms with E-state index in [2.05, 4.69) is 41.1 Å². The van der Waals surface area contributed by atoms with Gasteiger partial charge >= 0.3 is 0 Å². The van der Waals surface area contributed by atoms with Gasteiger partial charge in [-0.25, -0.2) is 0 Å². The summed E-state index contributed by atoms with van der Waals surface area (Å²) in [6, 6.07) is 14.8. The van der Waals surface area contributed by atoms with Crippen LogP contribution in [0.5, 0.6) is 0 Å². The van der Waals surface area contributed by atoms with Crippen LogP contribution in [0.1, 0.15) is 87.1 Å². The van der Waals surface area contributed by atoms with Crippen LogP contribution in [0, 0.1) is 5.92 Å². The maximum absolute atomic E-state index is 11.5. The average Bonchev–Trinajstić information content (AvgIpc) is 2.68. The van der Waals surface area contributed by atoms with Crippen LogP contribution in [-0.2, 0) is 0 Å². The molecule has 1 aliphatic rings. The SMILES string of the molecule is CCCCC[C@@H]1CCC[C@@H](c2ccc(-c3ccc(C(C)=O)cc3)c(Br)c2)C1. The molecule has 2 heteroatoms. The van der Waals surface area contributed by atoms with E-state index in [0.717, 1.165) is 21.5 Å². The Morgan fingerprint density at radius 1 is 1.07 bits per heavy atom. The van der Waals surface area contributed by atoms with Crippen molar-refractivity contribution in [2.75, 3.05) is 0 Å². The van der Waals surface area contributed by atoms with E-state index in [9.17, 15) is 4.79 Å². The van der Waals surface area contributed by atoms with Crippen molar-refractivity contribution in [2.45, 2.75) is 71.1 Å². The van der Waals surface area contributed by atoms with Crippen molar-refractivity contribution in [3.63, 3.8) is 0 Å². The van der Waals surface area contributed by atoms with E-state index < -0.39 is 0 Å². The minimum Gasteiger partial charge on any atom is -0.295 e. The van der Waals surface area contributed by atoms with Gasteiger partial charge < -0.3 is 0 Å². The number of hydrogen-bond donors (Lipinski definition) is 0. The molecule has 1 saturated carbocycles. The van der Waals surface area contributed by atoms with E-state index in [1.165, 1.54) is 62.5 Å². The Labute approximate surface area is 172 Å². The molecule has 0 bridgehead atoms. The highest BCUT2D eigenvalue weighted by atomic mass is 79.9. The zero-order chi connectivity index (χ0) is 19.2. The predicted octanol–water partition coefficient (Wildman–Crippen LogP) is 8.17. The van der Waals surface area contributed by atoms with E-state index in [1.54, 1.807) is 6.92 Å². The van der Waals surface area contributed by atoms with Gasteiger partial charge in [0.15, 0.2) is 5.78 Å². The summed E-state index contributed by atoms with van der Waals surface area (Å²) in [5.41, 5.74) is 4.60. The highest BCUT2D eigenvalue weighted by Gasteiger charge is 2.23. The fourth-order valence-electron chi connectivity index (χ4n) is 4.44. The molecule has 1 aliphatic carbocycles. The fraction of sp³-hybridized carbons (Fsp3) is 0.480. The van der Waals surface area contributed by atoms with Gasteiger partial charge in [-0.2, -0.15) is 0 Å². The van der Waals surface area contributed by atoms with Gasteiger partial charge in [0.25, 0.3) is 0 Å². The summed E-state index contributed by atoms with van der Waals surface area (Å²) >= 11 is 3.80. The quantitative estimate of drug-likeness (QED) is 0.322. The molecule has 2 aromatic carbocycles. The first-order chi connectivity index (χ1) is 13.1. The Bertz CT molecular complexity index is 762. The van der Waals surface area contributed by atoms with Crippen LogP contribution < -0.4 is 0 Å². The Kier molecular flexibility index (Phi) is 7.29. The Morgan fingerprint density at radius 3 is 2.52 bits per heavy atom. The molecule has 0 heterocycles. The average molecular weight is 427 g/mol. The molecule has 1 fully saturated rings. The molecule has 0 N–H and O–H groups in total. The summed E-state index contributed by atoms with van der Waals surface area (Å²) in [5.74, 6) is 1.73. The second-order valence-corrected chi connectivity index (χ2v) is 8.95. The standard InChI is InChI=1S/C25H31BrO/c1-3-4-5-7-19-8-6-9-22(16-19)23-14-15-24(25(26)17-23)21-12-10-20(11-13-21)18(2)27/h10-15,17,19,22H,3-9,16H2,1-2H3/t19-,22-/m1/s1. The summed E-state index contributed by atoms with van der Waals surface area (Å²) in [7, 11) is 0. The molecule has 2 atom stereocenters. The molecular formula is C25H31BrO. The van der Waals surface area contributed by atoms with Crippen molar-refractivity contribution in [1.29, 1.82) is 0 Å². The zero-order valence-electron chi connectivity index (χ0n) is 16.6. The fourth-order valence-corrected chi connectivity index (χ4v) is 5.07. The van der Waals surface area contributed by atoms with Crippen molar-refractivity contribution >= 4 is 21.7 Å². The molecule has 3 rings (SSSR count). The van der Waals surface area contributed by atoms with E-state index >= 15 is 0 Å². The molecule has 0 amide bonds. The van der Waals surface area contributed by atoms with Gasteiger partial charge in [0.2, 0.25) is 0 Å². The first kappa shape index (κ1) is 20.3. The lowest BCUT2D eigenvalue weighted by Crippen LogP contribution is -2.14. The first-order valence-electron chi connectivity index (χ1n) is 10.5. The summed E-state index contributed by atoms with van der Waals surface area (Å²) in [5, 5.41) is 0. The first-order valence-corrected chi connectivity index (χ1v) is 11.3. The molecule has 0 aromatic heterocycles. The Morgan fingerprint density at radius 2 is 1.85 bits per heavy atom. The van der Waals surface area contributed by atoms with Gasteiger partial charge in [0.05, 0.1) is 0 Å². The minimum atomic E-state index is 0.113. The van der Waals surface area contributed by atoms with Gasteiger partial charge in [-0.3, -0.25) is 4.79 Å². The number of halogens is 1. The number of ketones is 1. The van der Waals surface area contributed by atoms with Crippen LogP contribution in [-0.4, -0.2) is 5.78 Å². The van der Waals surface area contributed by atoms with Crippen LogP contribution in [0.15, 0.2) is 46.9 Å². The molecule has 0 radical (unpaired) electrons. The number of carbonyl (C=O) groups is 1. The van der Waals surface area contributed by atoms with Crippen molar-refractivity contribution in [2.24, 2.45) is 5.92 Å². The topological polar surface area (TPSA) is 17.1 Å². The molecule has 0 aliphatic heterocycles. The van der Waals surface area contributed by atoms with Gasteiger partial charge in [0, 0.05) is 10.0 Å². The van der Waals surface area contributed by atoms with E-state index in [0.29, 0.717) is 5.92 Å². The number of carbonyl (C=O) groups excluding carboxylic acids is 1. The normalized spacial score (nSPS) is 19.8. The maximum Gasteiger partial charge on any atom is 0.159 e.